The number of amides is 1. The first-order chi connectivity index (χ1) is 16.7. The summed E-state index contributed by atoms with van der Waals surface area (Å²) in [7, 11) is 0. The molecule has 1 fully saturated rings. The van der Waals surface area contributed by atoms with Crippen LogP contribution in [0.15, 0.2) is 77.0 Å². The third-order valence-corrected chi connectivity index (χ3v) is 6.89. The number of piperazine rings is 1. The molecule has 1 aromatic carbocycles. The standard InChI is InChI=1S/C26H27N5O2S/c32-25(18-21-19-34-26(28-21)24-6-3-17-33-24)29-22-4-1-2-5-23(22)31-15-13-30(14-16-31)12-9-20-7-10-27-11-8-20/h1-8,10-11,17,19H,9,12-16,18H2,(H,29,32). The summed E-state index contributed by atoms with van der Waals surface area (Å²) < 4.78 is 5.40. The quantitative estimate of drug-likeness (QED) is 0.410. The van der Waals surface area contributed by atoms with E-state index in [-0.39, 0.29) is 12.3 Å². The lowest BCUT2D eigenvalue weighted by Gasteiger charge is -2.37. The van der Waals surface area contributed by atoms with Crippen molar-refractivity contribution in [2.24, 2.45) is 0 Å². The molecule has 3 aromatic heterocycles. The van der Waals surface area contributed by atoms with Gasteiger partial charge in [0.1, 0.15) is 0 Å². The Labute approximate surface area is 203 Å². The molecule has 1 N–H and O–H groups in total. The van der Waals surface area contributed by atoms with Gasteiger partial charge in [-0.25, -0.2) is 4.98 Å². The zero-order valence-electron chi connectivity index (χ0n) is 18.9. The molecule has 1 saturated heterocycles. The van der Waals surface area contributed by atoms with Crippen LogP contribution in [-0.2, 0) is 17.6 Å². The van der Waals surface area contributed by atoms with Crippen LogP contribution in [0.5, 0.6) is 0 Å². The predicted molar refractivity (Wildman–Crippen MR) is 135 cm³/mol. The largest absolute Gasteiger partial charge is 0.462 e. The molecule has 7 nitrogen and oxygen atoms in total. The van der Waals surface area contributed by atoms with Crippen molar-refractivity contribution in [1.29, 1.82) is 0 Å². The highest BCUT2D eigenvalue weighted by molar-refractivity contribution is 7.13. The molecule has 1 aliphatic heterocycles. The molecular weight excluding hydrogens is 446 g/mol. The molecule has 4 aromatic rings. The number of aromatic nitrogens is 2. The summed E-state index contributed by atoms with van der Waals surface area (Å²) in [5.74, 6) is 0.654. The van der Waals surface area contributed by atoms with Gasteiger partial charge in [-0.05, 0) is 48.4 Å². The van der Waals surface area contributed by atoms with Crippen LogP contribution >= 0.6 is 11.3 Å². The Morgan fingerprint density at radius 3 is 2.65 bits per heavy atom. The first-order valence-corrected chi connectivity index (χ1v) is 12.4. The zero-order valence-corrected chi connectivity index (χ0v) is 19.7. The lowest BCUT2D eigenvalue weighted by molar-refractivity contribution is -0.115. The average molecular weight is 474 g/mol. The van der Waals surface area contributed by atoms with Crippen molar-refractivity contribution in [2.75, 3.05) is 42.9 Å². The van der Waals surface area contributed by atoms with E-state index < -0.39 is 0 Å². The van der Waals surface area contributed by atoms with Crippen LogP contribution in [-0.4, -0.2) is 53.5 Å². The fourth-order valence-electron chi connectivity index (χ4n) is 4.16. The summed E-state index contributed by atoms with van der Waals surface area (Å²) in [5, 5.41) is 5.80. The minimum atomic E-state index is -0.0697. The number of carbonyl (C=O) groups excluding carboxylic acids is 1. The molecule has 4 heterocycles. The van der Waals surface area contributed by atoms with E-state index in [2.05, 4.69) is 43.3 Å². The number of benzene rings is 1. The van der Waals surface area contributed by atoms with Gasteiger partial charge in [0.05, 0.1) is 29.8 Å². The number of para-hydroxylation sites is 2. The summed E-state index contributed by atoms with van der Waals surface area (Å²) >= 11 is 1.48. The minimum Gasteiger partial charge on any atom is -0.462 e. The third kappa shape index (κ3) is 5.52. The number of anilines is 2. The fourth-order valence-corrected chi connectivity index (χ4v) is 4.95. The van der Waals surface area contributed by atoms with Gasteiger partial charge in [0, 0.05) is 50.5 Å². The maximum atomic E-state index is 12.8. The number of carbonyl (C=O) groups is 1. The summed E-state index contributed by atoms with van der Waals surface area (Å²) in [4.78, 5) is 26.3. The highest BCUT2D eigenvalue weighted by Gasteiger charge is 2.20. The Bertz CT molecular complexity index is 1200. The van der Waals surface area contributed by atoms with E-state index in [4.69, 9.17) is 4.42 Å². The van der Waals surface area contributed by atoms with E-state index in [1.165, 1.54) is 16.9 Å². The molecule has 0 unspecified atom stereocenters. The van der Waals surface area contributed by atoms with Gasteiger partial charge in [-0.3, -0.25) is 14.7 Å². The van der Waals surface area contributed by atoms with Gasteiger partial charge in [-0.15, -0.1) is 11.3 Å². The van der Waals surface area contributed by atoms with Crippen LogP contribution in [0.4, 0.5) is 11.4 Å². The van der Waals surface area contributed by atoms with E-state index in [0.717, 1.165) is 67.0 Å². The van der Waals surface area contributed by atoms with Crippen molar-refractivity contribution >= 4 is 28.6 Å². The summed E-state index contributed by atoms with van der Waals surface area (Å²) in [5.41, 5.74) is 3.98. The van der Waals surface area contributed by atoms with Gasteiger partial charge < -0.3 is 14.6 Å². The van der Waals surface area contributed by atoms with Crippen LogP contribution in [0, 0.1) is 0 Å². The van der Waals surface area contributed by atoms with Crippen molar-refractivity contribution in [2.45, 2.75) is 12.8 Å². The topological polar surface area (TPSA) is 74.5 Å². The Kier molecular flexibility index (Phi) is 6.97. The molecule has 0 radical (unpaired) electrons. The van der Waals surface area contributed by atoms with Crippen molar-refractivity contribution in [3.8, 4) is 10.8 Å². The Hall–Kier alpha value is -3.49. The molecule has 1 amide bonds. The van der Waals surface area contributed by atoms with Gasteiger partial charge in [-0.2, -0.15) is 0 Å². The fraction of sp³-hybridized carbons (Fsp3) is 0.269. The minimum absolute atomic E-state index is 0.0697. The second-order valence-corrected chi connectivity index (χ2v) is 9.16. The molecular formula is C26H27N5O2S. The van der Waals surface area contributed by atoms with Gasteiger partial charge >= 0.3 is 0 Å². The number of pyridine rings is 1. The highest BCUT2D eigenvalue weighted by atomic mass is 32.1. The van der Waals surface area contributed by atoms with E-state index in [0.29, 0.717) is 0 Å². The molecule has 0 saturated carbocycles. The first-order valence-electron chi connectivity index (χ1n) is 11.5. The van der Waals surface area contributed by atoms with E-state index in [9.17, 15) is 4.79 Å². The number of rotatable bonds is 8. The molecule has 34 heavy (non-hydrogen) atoms. The molecule has 174 valence electrons. The SMILES string of the molecule is O=C(Cc1csc(-c2ccco2)n1)Nc1ccccc1N1CCN(CCc2ccncc2)CC1. The Balaban J connectivity index is 1.16. The third-order valence-electron chi connectivity index (χ3n) is 5.98. The average Bonchev–Trinajstić information content (AvgIpc) is 3.57. The van der Waals surface area contributed by atoms with E-state index >= 15 is 0 Å². The predicted octanol–water partition coefficient (Wildman–Crippen LogP) is 4.34. The van der Waals surface area contributed by atoms with Gasteiger partial charge in [0.25, 0.3) is 0 Å². The van der Waals surface area contributed by atoms with Crippen molar-refractivity contribution < 1.29 is 9.21 Å². The molecule has 0 aliphatic carbocycles. The summed E-state index contributed by atoms with van der Waals surface area (Å²) in [6.07, 6.45) is 6.60. The first kappa shape index (κ1) is 22.3. The van der Waals surface area contributed by atoms with Crippen LogP contribution in [0.25, 0.3) is 10.8 Å². The number of nitrogens with zero attached hydrogens (tertiary/aromatic N) is 4. The van der Waals surface area contributed by atoms with Gasteiger partial charge in [0.2, 0.25) is 5.91 Å². The smallest absolute Gasteiger partial charge is 0.230 e. The summed E-state index contributed by atoms with van der Waals surface area (Å²) in [6.45, 7) is 4.91. The van der Waals surface area contributed by atoms with Gasteiger partial charge in [0.15, 0.2) is 10.8 Å². The second kappa shape index (κ2) is 10.6. The number of furan rings is 1. The van der Waals surface area contributed by atoms with Crippen LogP contribution in [0.1, 0.15) is 11.3 Å². The number of thiazole rings is 1. The number of nitrogens with one attached hydrogen (secondary N) is 1. The van der Waals surface area contributed by atoms with Crippen molar-refractivity contribution in [1.82, 2.24) is 14.9 Å². The number of hydrogen-bond acceptors (Lipinski definition) is 7. The molecule has 0 spiro atoms. The monoisotopic (exact) mass is 473 g/mol. The molecule has 0 bridgehead atoms. The maximum Gasteiger partial charge on any atom is 0.230 e. The molecule has 5 rings (SSSR count). The van der Waals surface area contributed by atoms with Crippen LogP contribution in [0.2, 0.25) is 0 Å². The number of hydrogen-bond donors (Lipinski definition) is 1. The molecule has 0 atom stereocenters. The second-order valence-electron chi connectivity index (χ2n) is 8.30. The lowest BCUT2D eigenvalue weighted by atomic mass is 10.1. The molecule has 8 heteroatoms. The zero-order chi connectivity index (χ0) is 23.2. The Morgan fingerprint density at radius 2 is 1.85 bits per heavy atom. The lowest BCUT2D eigenvalue weighted by Crippen LogP contribution is -2.47. The summed E-state index contributed by atoms with van der Waals surface area (Å²) in [6, 6.07) is 15.9. The van der Waals surface area contributed by atoms with Crippen LogP contribution < -0.4 is 10.2 Å². The highest BCUT2D eigenvalue weighted by Crippen LogP contribution is 2.28. The van der Waals surface area contributed by atoms with Crippen molar-refractivity contribution in [3.63, 3.8) is 0 Å². The maximum absolute atomic E-state index is 12.8. The molecule has 1 aliphatic rings. The van der Waals surface area contributed by atoms with Crippen LogP contribution in [0.3, 0.4) is 0 Å². The van der Waals surface area contributed by atoms with Gasteiger partial charge in [-0.1, -0.05) is 12.1 Å². The van der Waals surface area contributed by atoms with Crippen molar-refractivity contribution in [3.05, 3.63) is 83.8 Å². The Morgan fingerprint density at radius 1 is 1.03 bits per heavy atom. The van der Waals surface area contributed by atoms with E-state index in [1.807, 2.05) is 48.1 Å². The normalized spacial score (nSPS) is 14.3. The van der Waals surface area contributed by atoms with E-state index in [1.54, 1.807) is 6.26 Å².